The molecule has 1 aliphatic rings. The molecule has 146 valence electrons. The van der Waals surface area contributed by atoms with Gasteiger partial charge in [0.05, 0.1) is 13.5 Å². The molecule has 1 fully saturated rings. The maximum atomic E-state index is 12.6. The van der Waals surface area contributed by atoms with Crippen LogP contribution in [0.3, 0.4) is 0 Å². The highest BCUT2D eigenvalue weighted by Gasteiger charge is 2.25. The number of nitrogens with one attached hydrogen (secondary N) is 1. The number of carbonyl (C=O) groups is 1. The van der Waals surface area contributed by atoms with Gasteiger partial charge in [0.1, 0.15) is 11.6 Å². The number of nitrogens with zero attached hydrogens (tertiary/aromatic N) is 3. The molecule has 0 bridgehead atoms. The molecule has 0 radical (unpaired) electrons. The summed E-state index contributed by atoms with van der Waals surface area (Å²) in [6.45, 7) is 7.87. The zero-order valence-corrected chi connectivity index (χ0v) is 17.3. The minimum Gasteiger partial charge on any atom is -0.496 e. The minimum absolute atomic E-state index is 0.0370. The van der Waals surface area contributed by atoms with Gasteiger partial charge in [-0.25, -0.2) is 4.98 Å². The first-order chi connectivity index (χ1) is 12.9. The number of methoxy groups -OCH3 is 1. The Morgan fingerprint density at radius 2 is 2.00 bits per heavy atom. The number of aromatic nitrogens is 2. The topological polar surface area (TPSA) is 67.3 Å². The van der Waals surface area contributed by atoms with Crippen LogP contribution in [0.5, 0.6) is 5.75 Å². The van der Waals surface area contributed by atoms with Crippen LogP contribution >= 0.6 is 11.5 Å². The standard InChI is InChI=1S/C20H28N4O2S/c1-20(2,3)18-22-19(27-23-18)21-15-9-11-24(12-10-15)17(25)13-14-7-5-6-8-16(14)26-4/h5-8,15H,9-13H2,1-4H3,(H,21,22,23). The number of likely N-dealkylation sites (tertiary alicyclic amines) is 1. The van der Waals surface area contributed by atoms with E-state index in [0.717, 1.165) is 48.2 Å². The Balaban J connectivity index is 1.51. The third-order valence-corrected chi connectivity index (χ3v) is 5.45. The van der Waals surface area contributed by atoms with Crippen molar-refractivity contribution in [3.05, 3.63) is 35.7 Å². The molecule has 1 N–H and O–H groups in total. The van der Waals surface area contributed by atoms with Crippen molar-refractivity contribution in [2.75, 3.05) is 25.5 Å². The fraction of sp³-hybridized carbons (Fsp3) is 0.550. The number of rotatable bonds is 5. The first-order valence-corrected chi connectivity index (χ1v) is 10.1. The predicted octanol–water partition coefficient (Wildman–Crippen LogP) is 3.49. The van der Waals surface area contributed by atoms with Gasteiger partial charge in [-0.3, -0.25) is 4.79 Å². The highest BCUT2D eigenvalue weighted by atomic mass is 32.1. The SMILES string of the molecule is COc1ccccc1CC(=O)N1CCC(Nc2nc(C(C)(C)C)ns2)CC1. The molecule has 0 aliphatic carbocycles. The normalized spacial score (nSPS) is 15.6. The van der Waals surface area contributed by atoms with E-state index >= 15 is 0 Å². The largest absolute Gasteiger partial charge is 0.496 e. The number of hydrogen-bond acceptors (Lipinski definition) is 6. The van der Waals surface area contributed by atoms with Crippen LogP contribution in [-0.4, -0.2) is 46.4 Å². The highest BCUT2D eigenvalue weighted by molar-refractivity contribution is 7.09. The van der Waals surface area contributed by atoms with Gasteiger partial charge < -0.3 is 15.0 Å². The molecule has 1 amide bonds. The van der Waals surface area contributed by atoms with Crippen LogP contribution in [0.2, 0.25) is 0 Å². The van der Waals surface area contributed by atoms with Crippen molar-refractivity contribution >= 4 is 22.6 Å². The highest BCUT2D eigenvalue weighted by Crippen LogP contribution is 2.25. The van der Waals surface area contributed by atoms with Crippen LogP contribution in [-0.2, 0) is 16.6 Å². The molecule has 0 atom stereocenters. The van der Waals surface area contributed by atoms with Crippen molar-refractivity contribution in [1.82, 2.24) is 14.3 Å². The number of amides is 1. The van der Waals surface area contributed by atoms with Gasteiger partial charge in [-0.1, -0.05) is 39.0 Å². The molecule has 7 heteroatoms. The van der Waals surface area contributed by atoms with Gasteiger partial charge in [-0.15, -0.1) is 0 Å². The van der Waals surface area contributed by atoms with Gasteiger partial charge in [0.15, 0.2) is 0 Å². The average Bonchev–Trinajstić information content (AvgIpc) is 3.12. The Morgan fingerprint density at radius 1 is 1.30 bits per heavy atom. The number of carbonyl (C=O) groups excluding carboxylic acids is 1. The fourth-order valence-corrected chi connectivity index (χ4v) is 3.99. The zero-order chi connectivity index (χ0) is 19.4. The first-order valence-electron chi connectivity index (χ1n) is 9.37. The smallest absolute Gasteiger partial charge is 0.227 e. The van der Waals surface area contributed by atoms with Crippen molar-refractivity contribution in [3.8, 4) is 5.75 Å². The molecular formula is C20H28N4O2S. The van der Waals surface area contributed by atoms with E-state index in [4.69, 9.17) is 4.74 Å². The third kappa shape index (κ3) is 4.97. The second kappa shape index (κ2) is 8.25. The Hall–Kier alpha value is -2.15. The first kappa shape index (κ1) is 19.6. The van der Waals surface area contributed by atoms with Crippen LogP contribution < -0.4 is 10.1 Å². The lowest BCUT2D eigenvalue weighted by Crippen LogP contribution is -2.43. The van der Waals surface area contributed by atoms with E-state index in [2.05, 4.69) is 35.4 Å². The molecule has 1 aromatic carbocycles. The number of piperidine rings is 1. The van der Waals surface area contributed by atoms with E-state index in [9.17, 15) is 4.79 Å². The molecule has 1 aromatic heterocycles. The van der Waals surface area contributed by atoms with Gasteiger partial charge in [0, 0.05) is 41.6 Å². The van der Waals surface area contributed by atoms with E-state index < -0.39 is 0 Å². The lowest BCUT2D eigenvalue weighted by molar-refractivity contribution is -0.131. The molecule has 0 unspecified atom stereocenters. The molecule has 0 spiro atoms. The Kier molecular flexibility index (Phi) is 5.99. The van der Waals surface area contributed by atoms with Crippen LogP contribution in [0.25, 0.3) is 0 Å². The number of benzene rings is 1. The molecule has 6 nitrogen and oxygen atoms in total. The molecule has 3 rings (SSSR count). The van der Waals surface area contributed by atoms with Gasteiger partial charge in [-0.05, 0) is 18.9 Å². The van der Waals surface area contributed by atoms with Crippen molar-refractivity contribution < 1.29 is 9.53 Å². The van der Waals surface area contributed by atoms with E-state index in [0.29, 0.717) is 12.5 Å². The van der Waals surface area contributed by atoms with E-state index in [-0.39, 0.29) is 11.3 Å². The van der Waals surface area contributed by atoms with Crippen LogP contribution in [0.4, 0.5) is 5.13 Å². The Morgan fingerprint density at radius 3 is 2.63 bits per heavy atom. The third-order valence-electron chi connectivity index (χ3n) is 4.81. The molecule has 1 aliphatic heterocycles. The summed E-state index contributed by atoms with van der Waals surface area (Å²) in [5, 5.41) is 4.36. The Bertz CT molecular complexity index is 776. The van der Waals surface area contributed by atoms with Crippen LogP contribution in [0.15, 0.2) is 24.3 Å². The summed E-state index contributed by atoms with van der Waals surface area (Å²) in [6.07, 6.45) is 2.22. The predicted molar refractivity (Wildman–Crippen MR) is 109 cm³/mol. The fourth-order valence-electron chi connectivity index (χ4n) is 3.16. The summed E-state index contributed by atoms with van der Waals surface area (Å²) in [4.78, 5) is 19.2. The maximum absolute atomic E-state index is 12.6. The second-order valence-corrected chi connectivity index (χ2v) is 8.71. The van der Waals surface area contributed by atoms with Crippen LogP contribution in [0.1, 0.15) is 45.0 Å². The second-order valence-electron chi connectivity index (χ2n) is 7.96. The van der Waals surface area contributed by atoms with Crippen LogP contribution in [0, 0.1) is 0 Å². The number of ether oxygens (including phenoxy) is 1. The lowest BCUT2D eigenvalue weighted by Gasteiger charge is -2.32. The summed E-state index contributed by atoms with van der Waals surface area (Å²) in [6, 6.07) is 8.04. The quantitative estimate of drug-likeness (QED) is 0.849. The van der Waals surface area contributed by atoms with E-state index in [1.807, 2.05) is 29.2 Å². The summed E-state index contributed by atoms with van der Waals surface area (Å²) >= 11 is 1.42. The molecule has 0 saturated carbocycles. The Labute approximate surface area is 165 Å². The summed E-state index contributed by atoms with van der Waals surface area (Å²) in [5.74, 6) is 1.80. The average molecular weight is 389 g/mol. The van der Waals surface area contributed by atoms with Crippen molar-refractivity contribution in [3.63, 3.8) is 0 Å². The molecule has 2 heterocycles. The maximum Gasteiger partial charge on any atom is 0.227 e. The van der Waals surface area contributed by atoms with E-state index in [1.54, 1.807) is 7.11 Å². The minimum atomic E-state index is -0.0370. The zero-order valence-electron chi connectivity index (χ0n) is 16.5. The summed E-state index contributed by atoms with van der Waals surface area (Å²) in [7, 11) is 1.64. The van der Waals surface area contributed by atoms with Crippen molar-refractivity contribution in [2.45, 2.75) is 51.5 Å². The molecule has 1 saturated heterocycles. The molecular weight excluding hydrogens is 360 g/mol. The van der Waals surface area contributed by atoms with Gasteiger partial charge in [-0.2, -0.15) is 4.37 Å². The summed E-state index contributed by atoms with van der Waals surface area (Å²) < 4.78 is 9.80. The summed E-state index contributed by atoms with van der Waals surface area (Å²) in [5.41, 5.74) is 0.902. The number of hydrogen-bond donors (Lipinski definition) is 1. The lowest BCUT2D eigenvalue weighted by atomic mass is 9.96. The molecule has 2 aromatic rings. The van der Waals surface area contributed by atoms with Crippen molar-refractivity contribution in [2.24, 2.45) is 0 Å². The van der Waals surface area contributed by atoms with Gasteiger partial charge >= 0.3 is 0 Å². The van der Waals surface area contributed by atoms with E-state index in [1.165, 1.54) is 11.5 Å². The number of anilines is 1. The van der Waals surface area contributed by atoms with Gasteiger partial charge in [0.25, 0.3) is 0 Å². The molecule has 27 heavy (non-hydrogen) atoms. The van der Waals surface area contributed by atoms with Gasteiger partial charge in [0.2, 0.25) is 11.0 Å². The van der Waals surface area contributed by atoms with Crippen molar-refractivity contribution in [1.29, 1.82) is 0 Å². The number of para-hydroxylation sites is 1. The monoisotopic (exact) mass is 388 g/mol.